The maximum absolute atomic E-state index is 9.75. The summed E-state index contributed by atoms with van der Waals surface area (Å²) in [5.74, 6) is 0.859. The molecule has 1 aliphatic rings. The average molecular weight is 505 g/mol. The number of nitrogens with zero attached hydrogens (tertiary/aromatic N) is 1. The highest BCUT2D eigenvalue weighted by Gasteiger charge is 2.24. The molecular weight excluding hydrogens is 473 g/mol. The Morgan fingerprint density at radius 1 is 0.568 bits per heavy atom. The molecule has 1 nitrogen and oxygen atoms in total. The van der Waals surface area contributed by atoms with E-state index in [1.807, 2.05) is 0 Å². The summed E-state index contributed by atoms with van der Waals surface area (Å²) in [4.78, 5) is 0. The summed E-state index contributed by atoms with van der Waals surface area (Å²) in [6, 6.07) is 37.3. The SMILES string of the molecule is F[B-](F)(F)F.c1ccc(-c2cc(-c3ccccc3)[n+](CCC3CCCCC3)c(-c3ccccc3)c2)cc1. The van der Waals surface area contributed by atoms with E-state index in [-0.39, 0.29) is 0 Å². The molecule has 0 spiro atoms. The molecule has 1 saturated carbocycles. The number of halogens is 4. The van der Waals surface area contributed by atoms with Crippen LogP contribution in [-0.4, -0.2) is 7.25 Å². The fraction of sp³-hybridized carbons (Fsp3) is 0.258. The van der Waals surface area contributed by atoms with Crippen molar-refractivity contribution < 1.29 is 21.8 Å². The minimum absolute atomic E-state index is 0.859. The zero-order valence-electron chi connectivity index (χ0n) is 20.9. The lowest BCUT2D eigenvalue weighted by molar-refractivity contribution is -0.676. The number of hydrogen-bond acceptors (Lipinski definition) is 0. The van der Waals surface area contributed by atoms with E-state index in [0.717, 1.165) is 12.5 Å². The summed E-state index contributed by atoms with van der Waals surface area (Å²) in [6.07, 6.45) is 8.27. The van der Waals surface area contributed by atoms with Crippen LogP contribution in [0.5, 0.6) is 0 Å². The van der Waals surface area contributed by atoms with Crippen molar-refractivity contribution in [3.63, 3.8) is 0 Å². The molecule has 0 saturated heterocycles. The topological polar surface area (TPSA) is 3.88 Å². The van der Waals surface area contributed by atoms with Crippen LogP contribution in [0.25, 0.3) is 33.6 Å². The summed E-state index contributed by atoms with van der Waals surface area (Å²) in [5, 5.41) is 0. The van der Waals surface area contributed by atoms with Crippen molar-refractivity contribution in [3.05, 3.63) is 103 Å². The molecule has 1 aromatic heterocycles. The van der Waals surface area contributed by atoms with Crippen molar-refractivity contribution in [2.45, 2.75) is 45.1 Å². The van der Waals surface area contributed by atoms with Crippen molar-refractivity contribution in [2.24, 2.45) is 5.92 Å². The monoisotopic (exact) mass is 505 g/mol. The lowest BCUT2D eigenvalue weighted by Crippen LogP contribution is -2.40. The first kappa shape index (κ1) is 26.7. The predicted octanol–water partition coefficient (Wildman–Crippen LogP) is 9.25. The van der Waals surface area contributed by atoms with Gasteiger partial charge in [-0.1, -0.05) is 98.8 Å². The summed E-state index contributed by atoms with van der Waals surface area (Å²) >= 11 is 0. The van der Waals surface area contributed by atoms with Crippen LogP contribution in [-0.2, 0) is 6.54 Å². The highest BCUT2D eigenvalue weighted by molar-refractivity contribution is 6.50. The lowest BCUT2D eigenvalue weighted by Gasteiger charge is -2.21. The fourth-order valence-corrected chi connectivity index (χ4v) is 5.14. The Morgan fingerprint density at radius 3 is 1.41 bits per heavy atom. The van der Waals surface area contributed by atoms with E-state index >= 15 is 0 Å². The van der Waals surface area contributed by atoms with Gasteiger partial charge in [-0.05, 0) is 41.3 Å². The molecule has 0 radical (unpaired) electrons. The van der Waals surface area contributed by atoms with E-state index in [1.165, 1.54) is 72.2 Å². The first-order valence-electron chi connectivity index (χ1n) is 13.0. The number of aromatic nitrogens is 1. The van der Waals surface area contributed by atoms with Gasteiger partial charge in [0.25, 0.3) is 0 Å². The molecule has 3 aromatic carbocycles. The molecule has 0 atom stereocenters. The van der Waals surface area contributed by atoms with E-state index in [4.69, 9.17) is 0 Å². The third-order valence-corrected chi connectivity index (χ3v) is 6.90. The Balaban J connectivity index is 0.000000586. The number of benzene rings is 3. The van der Waals surface area contributed by atoms with Crippen LogP contribution in [0.3, 0.4) is 0 Å². The molecule has 4 aromatic rings. The van der Waals surface area contributed by atoms with Crippen molar-refractivity contribution in [3.8, 4) is 33.6 Å². The van der Waals surface area contributed by atoms with E-state index in [0.29, 0.717) is 0 Å². The van der Waals surface area contributed by atoms with Gasteiger partial charge < -0.3 is 17.3 Å². The van der Waals surface area contributed by atoms with Crippen LogP contribution in [0.2, 0.25) is 0 Å². The Kier molecular flexibility index (Phi) is 9.16. The zero-order chi connectivity index (χ0) is 26.1. The highest BCUT2D eigenvalue weighted by atomic mass is 19.5. The van der Waals surface area contributed by atoms with Gasteiger partial charge in [-0.2, -0.15) is 4.57 Å². The van der Waals surface area contributed by atoms with Gasteiger partial charge >= 0.3 is 7.25 Å². The Morgan fingerprint density at radius 2 is 0.973 bits per heavy atom. The lowest BCUT2D eigenvalue weighted by atomic mass is 9.87. The second kappa shape index (κ2) is 12.7. The van der Waals surface area contributed by atoms with E-state index in [9.17, 15) is 17.3 Å². The van der Waals surface area contributed by atoms with Gasteiger partial charge in [-0.15, -0.1) is 0 Å². The standard InChI is InChI=1S/C31H32N.BF4/c1-5-13-25(14-6-1)21-22-32-30(27-17-9-3-10-18-27)23-29(26-15-7-2-8-16-26)24-31(32)28-19-11-4-12-20-28;2-1(3,4)5/h2-4,7-12,15-20,23-25H,1,5-6,13-14,21-22H2;/q+1;-1. The van der Waals surface area contributed by atoms with Crippen LogP contribution in [0.15, 0.2) is 103 Å². The third kappa shape index (κ3) is 8.04. The number of hydrogen-bond donors (Lipinski definition) is 0. The first-order chi connectivity index (χ1) is 17.9. The fourth-order valence-electron chi connectivity index (χ4n) is 5.14. The third-order valence-electron chi connectivity index (χ3n) is 6.90. The molecule has 0 N–H and O–H groups in total. The van der Waals surface area contributed by atoms with E-state index in [2.05, 4.69) is 108 Å². The maximum atomic E-state index is 9.75. The number of pyridine rings is 1. The van der Waals surface area contributed by atoms with Crippen molar-refractivity contribution in [1.82, 2.24) is 0 Å². The molecule has 1 fully saturated rings. The molecule has 37 heavy (non-hydrogen) atoms. The molecule has 192 valence electrons. The minimum Gasteiger partial charge on any atom is -0.418 e. The second-order valence-corrected chi connectivity index (χ2v) is 9.55. The molecule has 5 rings (SSSR count). The largest absolute Gasteiger partial charge is 0.673 e. The van der Waals surface area contributed by atoms with Crippen LogP contribution < -0.4 is 4.57 Å². The summed E-state index contributed by atoms with van der Waals surface area (Å²) in [7, 11) is -6.00. The van der Waals surface area contributed by atoms with Gasteiger partial charge in [-0.25, -0.2) is 0 Å². The van der Waals surface area contributed by atoms with Gasteiger partial charge in [0.05, 0.1) is 0 Å². The van der Waals surface area contributed by atoms with Gasteiger partial charge in [0.2, 0.25) is 11.4 Å². The molecule has 0 unspecified atom stereocenters. The Hall–Kier alpha value is -3.41. The predicted molar refractivity (Wildman–Crippen MR) is 144 cm³/mol. The van der Waals surface area contributed by atoms with Gasteiger partial charge in [-0.3, -0.25) is 0 Å². The maximum Gasteiger partial charge on any atom is 0.673 e. The van der Waals surface area contributed by atoms with Crippen LogP contribution in [0.4, 0.5) is 17.3 Å². The summed E-state index contributed by atoms with van der Waals surface area (Å²) in [6.45, 7) is 1.06. The van der Waals surface area contributed by atoms with Crippen LogP contribution in [0.1, 0.15) is 38.5 Å². The summed E-state index contributed by atoms with van der Waals surface area (Å²) < 4.78 is 41.6. The van der Waals surface area contributed by atoms with Gasteiger partial charge in [0.15, 0.2) is 0 Å². The van der Waals surface area contributed by atoms with Crippen molar-refractivity contribution in [1.29, 1.82) is 0 Å². The Bertz CT molecular complexity index is 1170. The molecule has 0 amide bonds. The van der Waals surface area contributed by atoms with Crippen LogP contribution >= 0.6 is 0 Å². The van der Waals surface area contributed by atoms with E-state index in [1.54, 1.807) is 0 Å². The average Bonchev–Trinajstić information content (AvgIpc) is 2.92. The number of rotatable bonds is 6. The molecule has 6 heteroatoms. The smallest absolute Gasteiger partial charge is 0.418 e. The van der Waals surface area contributed by atoms with E-state index < -0.39 is 7.25 Å². The summed E-state index contributed by atoms with van der Waals surface area (Å²) in [5.41, 5.74) is 7.72. The molecule has 1 aliphatic carbocycles. The normalized spacial score (nSPS) is 14.1. The minimum atomic E-state index is -6.00. The van der Waals surface area contributed by atoms with Crippen molar-refractivity contribution in [2.75, 3.05) is 0 Å². The van der Waals surface area contributed by atoms with Gasteiger partial charge in [0, 0.05) is 29.7 Å². The zero-order valence-corrected chi connectivity index (χ0v) is 20.9. The second-order valence-electron chi connectivity index (χ2n) is 9.55. The van der Waals surface area contributed by atoms with Gasteiger partial charge in [0.1, 0.15) is 6.54 Å². The van der Waals surface area contributed by atoms with Crippen LogP contribution in [0, 0.1) is 5.92 Å². The quantitative estimate of drug-likeness (QED) is 0.140. The highest BCUT2D eigenvalue weighted by Crippen LogP contribution is 2.31. The van der Waals surface area contributed by atoms with Crippen molar-refractivity contribution >= 4 is 7.25 Å². The first-order valence-corrected chi connectivity index (χ1v) is 13.0. The molecule has 0 bridgehead atoms. The molecule has 0 aliphatic heterocycles. The Labute approximate surface area is 216 Å². The molecule has 1 heterocycles. The molecular formula is C31H32BF4N.